The predicted octanol–water partition coefficient (Wildman–Crippen LogP) is 3.72. The Bertz CT molecular complexity index is 1460. The molecule has 0 aliphatic carbocycles. The van der Waals surface area contributed by atoms with Crippen LogP contribution in [-0.4, -0.2) is 46.6 Å². The van der Waals surface area contributed by atoms with Gasteiger partial charge in [0.15, 0.2) is 0 Å². The van der Waals surface area contributed by atoms with Crippen molar-refractivity contribution in [3.63, 3.8) is 0 Å². The summed E-state index contributed by atoms with van der Waals surface area (Å²) in [7, 11) is 4.96. The molecule has 4 aromatic carbocycles. The maximum absolute atomic E-state index is 10.2. The van der Waals surface area contributed by atoms with Crippen LogP contribution in [0.1, 0.15) is 5.56 Å². The number of nitrogens with zero attached hydrogens (tertiary/aromatic N) is 1. The van der Waals surface area contributed by atoms with E-state index in [0.717, 1.165) is 54.9 Å². The van der Waals surface area contributed by atoms with Gasteiger partial charge >= 0.3 is 216 Å². The van der Waals surface area contributed by atoms with E-state index < -0.39 is 20.2 Å². The number of benzene rings is 4. The number of ether oxygens (including phenoxy) is 5. The zero-order valence-corrected chi connectivity index (χ0v) is 22.4. The molecule has 36 heavy (non-hydrogen) atoms. The third kappa shape index (κ3) is 2.84. The Morgan fingerprint density at radius 2 is 1.36 bits per heavy atom. The molecule has 7 nitrogen and oxygen atoms in total. The molecule has 3 aliphatic heterocycles. The molecule has 0 radical (unpaired) electrons. The summed E-state index contributed by atoms with van der Waals surface area (Å²) in [6.07, 6.45) is 0. The van der Waals surface area contributed by atoms with Crippen molar-refractivity contribution in [2.75, 3.05) is 26.2 Å². The third-order valence-electron chi connectivity index (χ3n) is 6.81. The van der Waals surface area contributed by atoms with Crippen LogP contribution in [0.25, 0.3) is 0 Å². The number of hydrogen-bond acceptors (Lipinski definition) is 7. The van der Waals surface area contributed by atoms with Crippen molar-refractivity contribution in [1.29, 1.82) is 0 Å². The summed E-state index contributed by atoms with van der Waals surface area (Å²) in [6, 6.07) is 20.0. The monoisotopic (exact) mass is 589 g/mol. The van der Waals surface area contributed by atoms with Crippen LogP contribution >= 0.6 is 0 Å². The Hall–Kier alpha value is -3.54. The van der Waals surface area contributed by atoms with Gasteiger partial charge in [0, 0.05) is 0 Å². The molecule has 0 unspecified atom stereocenters. The van der Waals surface area contributed by atoms with Crippen LogP contribution in [0.15, 0.2) is 60.7 Å². The molecule has 3 aliphatic rings. The first-order valence-corrected chi connectivity index (χ1v) is 15.3. The van der Waals surface area contributed by atoms with E-state index in [0.29, 0.717) is 11.5 Å². The molecule has 0 aromatic heterocycles. The molecule has 0 bridgehead atoms. The molecule has 4 aromatic rings. The number of aliphatic hydroxyl groups is 1. The van der Waals surface area contributed by atoms with Gasteiger partial charge in [0.1, 0.15) is 0 Å². The van der Waals surface area contributed by atoms with Gasteiger partial charge in [-0.1, -0.05) is 0 Å². The van der Waals surface area contributed by atoms with Gasteiger partial charge in [0.05, 0.1) is 0 Å². The van der Waals surface area contributed by atoms with E-state index >= 15 is 0 Å². The summed E-state index contributed by atoms with van der Waals surface area (Å²) in [5.74, 6) is 5.12. The van der Waals surface area contributed by atoms with Crippen LogP contribution in [0, 0.1) is 0 Å². The molecule has 3 heterocycles. The summed E-state index contributed by atoms with van der Waals surface area (Å²) < 4.78 is 33.3. The molecule has 0 fully saturated rings. The van der Waals surface area contributed by atoms with Crippen LogP contribution in [0.5, 0.6) is 40.2 Å². The fourth-order valence-corrected chi connectivity index (χ4v) is 13.4. The van der Waals surface area contributed by atoms with Gasteiger partial charge in [0.25, 0.3) is 0 Å². The Morgan fingerprint density at radius 1 is 0.722 bits per heavy atom. The molecule has 0 saturated heterocycles. The second kappa shape index (κ2) is 7.98. The van der Waals surface area contributed by atoms with Crippen molar-refractivity contribution < 1.29 is 28.8 Å². The van der Waals surface area contributed by atoms with Crippen molar-refractivity contribution in [3.05, 3.63) is 66.2 Å². The Kier molecular flexibility index (Phi) is 4.82. The molecule has 0 amide bonds. The van der Waals surface area contributed by atoms with Crippen molar-refractivity contribution >= 4 is 47.8 Å². The number of anilines is 3. The number of methoxy groups -OCH3 is 3. The van der Waals surface area contributed by atoms with E-state index in [4.69, 9.17) is 23.7 Å². The SMILES string of the molecule is COc1ccc(N2c3ccc(CO)c4[c]3[Sb]3[c]5c(cc(OC)cc5Oc5c(OC)ccc2[c]53)O4)cc1. The van der Waals surface area contributed by atoms with E-state index in [1.54, 1.807) is 21.3 Å². The van der Waals surface area contributed by atoms with E-state index in [-0.39, 0.29) is 6.61 Å². The van der Waals surface area contributed by atoms with Gasteiger partial charge in [-0.15, -0.1) is 0 Å². The molecule has 0 spiro atoms. The Morgan fingerprint density at radius 3 is 2.00 bits per heavy atom. The second-order valence-electron chi connectivity index (χ2n) is 8.59. The average Bonchev–Trinajstić information content (AvgIpc) is 2.93. The van der Waals surface area contributed by atoms with E-state index in [1.807, 2.05) is 48.5 Å². The summed E-state index contributed by atoms with van der Waals surface area (Å²) >= 11 is -2.69. The van der Waals surface area contributed by atoms with Crippen molar-refractivity contribution in [3.8, 4) is 40.2 Å². The maximum atomic E-state index is 10.2. The second-order valence-corrected chi connectivity index (χ2v) is 14.3. The standard InChI is InChI=1S/C28H22NO6.Sb/c1-31-22-9-6-19(7-10-22)29-20-5-4-18(17-30)27(12-20)34-24-14-23(32-2)15-25(16-24)35-28-13-21(29)8-11-26(28)33-3;/h4-11,14-15,30H,17H2,1-3H3;. The quantitative estimate of drug-likeness (QED) is 0.307. The van der Waals surface area contributed by atoms with Gasteiger partial charge in [-0.25, -0.2) is 0 Å². The number of aliphatic hydroxyl groups excluding tert-OH is 1. The topological polar surface area (TPSA) is 69.6 Å². The molecule has 0 atom stereocenters. The Labute approximate surface area is 215 Å². The summed E-state index contributed by atoms with van der Waals surface area (Å²) in [6.45, 7) is -0.111. The first kappa shape index (κ1) is 21.7. The zero-order chi connectivity index (χ0) is 24.6. The van der Waals surface area contributed by atoms with Gasteiger partial charge in [-0.05, 0) is 0 Å². The number of rotatable bonds is 5. The molecular weight excluding hydrogens is 568 g/mol. The van der Waals surface area contributed by atoms with Gasteiger partial charge < -0.3 is 0 Å². The van der Waals surface area contributed by atoms with Crippen LogP contribution in [0.3, 0.4) is 0 Å². The molecule has 1 N–H and O–H groups in total. The molecule has 180 valence electrons. The van der Waals surface area contributed by atoms with Gasteiger partial charge in [-0.2, -0.15) is 0 Å². The van der Waals surface area contributed by atoms with E-state index in [2.05, 4.69) is 17.0 Å². The van der Waals surface area contributed by atoms with Crippen molar-refractivity contribution in [2.24, 2.45) is 0 Å². The van der Waals surface area contributed by atoms with Gasteiger partial charge in [0.2, 0.25) is 0 Å². The molecular formula is C28H22NO6Sb. The molecule has 0 saturated carbocycles. The van der Waals surface area contributed by atoms with E-state index in [1.165, 1.54) is 7.02 Å². The minimum absolute atomic E-state index is 0.111. The first-order valence-electron chi connectivity index (χ1n) is 11.5. The normalized spacial score (nSPS) is 13.9. The summed E-state index contributed by atoms with van der Waals surface area (Å²) in [4.78, 5) is 2.24. The fourth-order valence-electron chi connectivity index (χ4n) is 5.18. The third-order valence-corrected chi connectivity index (χ3v) is 14.4. The minimum atomic E-state index is -2.69. The van der Waals surface area contributed by atoms with E-state index in [9.17, 15) is 5.11 Å². The van der Waals surface area contributed by atoms with Crippen LogP contribution in [0.4, 0.5) is 17.1 Å². The molecule has 8 heteroatoms. The van der Waals surface area contributed by atoms with Crippen molar-refractivity contribution in [2.45, 2.75) is 6.61 Å². The molecule has 7 rings (SSSR count). The summed E-state index contributed by atoms with van der Waals surface area (Å²) in [5.41, 5.74) is 3.90. The van der Waals surface area contributed by atoms with Crippen LogP contribution in [0.2, 0.25) is 0 Å². The van der Waals surface area contributed by atoms with Crippen LogP contribution < -0.4 is 39.1 Å². The fraction of sp³-hybridized carbons (Fsp3) is 0.143. The number of hydrogen-bond donors (Lipinski definition) is 1. The Balaban J connectivity index is 1.58. The summed E-state index contributed by atoms with van der Waals surface area (Å²) in [5, 5.41) is 10.2. The van der Waals surface area contributed by atoms with Crippen LogP contribution in [-0.2, 0) is 6.61 Å². The predicted molar refractivity (Wildman–Crippen MR) is 138 cm³/mol. The zero-order valence-electron chi connectivity index (χ0n) is 19.9. The first-order chi connectivity index (χ1) is 17.7. The van der Waals surface area contributed by atoms with Gasteiger partial charge in [-0.3, -0.25) is 0 Å². The van der Waals surface area contributed by atoms with Crippen molar-refractivity contribution in [1.82, 2.24) is 0 Å². The average molecular weight is 590 g/mol.